The van der Waals surface area contributed by atoms with Gasteiger partial charge in [-0.1, -0.05) is 0 Å². The maximum atomic E-state index is 12.9. The van der Waals surface area contributed by atoms with E-state index in [1.807, 2.05) is 0 Å². The fraction of sp³-hybridized carbons (Fsp3) is 0.417. The molecule has 0 aliphatic carbocycles. The lowest BCUT2D eigenvalue weighted by Crippen LogP contribution is -2.45. The Morgan fingerprint density at radius 3 is 2.84 bits per heavy atom. The van der Waals surface area contributed by atoms with Gasteiger partial charge in [-0.2, -0.15) is 0 Å². The number of β-amino-alcohol motifs (C(OH)–C–C–N with tert-alkyl or cyclic N) is 1. The van der Waals surface area contributed by atoms with Crippen LogP contribution in [0.25, 0.3) is 0 Å². The van der Waals surface area contributed by atoms with Crippen molar-refractivity contribution in [1.29, 1.82) is 0 Å². The second-order valence-electron chi connectivity index (χ2n) is 4.59. The maximum Gasteiger partial charge on any atom is 0.319 e. The fourth-order valence-electron chi connectivity index (χ4n) is 1.88. The number of carbonyl (C=O) groups is 1. The molecule has 1 saturated heterocycles. The van der Waals surface area contributed by atoms with E-state index in [-0.39, 0.29) is 12.2 Å². The second kappa shape index (κ2) is 5.50. The van der Waals surface area contributed by atoms with Crippen LogP contribution in [0.5, 0.6) is 0 Å². The number of hydrogen-bond acceptors (Lipinski definition) is 3. The third kappa shape index (κ3) is 3.62. The van der Waals surface area contributed by atoms with E-state index < -0.39 is 23.3 Å². The number of urea groups is 1. The molecule has 1 aromatic rings. The highest BCUT2D eigenvalue weighted by atomic mass is 19.2. The third-order valence-corrected chi connectivity index (χ3v) is 2.98. The molecule has 0 unspecified atom stereocenters. The first kappa shape index (κ1) is 13.7. The molecule has 1 atom stereocenters. The van der Waals surface area contributed by atoms with Crippen molar-refractivity contribution in [3.8, 4) is 0 Å². The summed E-state index contributed by atoms with van der Waals surface area (Å²) >= 11 is 0. The van der Waals surface area contributed by atoms with Crippen LogP contribution < -0.4 is 16.0 Å². The first-order valence-corrected chi connectivity index (χ1v) is 5.92. The van der Waals surface area contributed by atoms with Gasteiger partial charge in [-0.15, -0.1) is 0 Å². The minimum absolute atomic E-state index is 0.0928. The third-order valence-electron chi connectivity index (χ3n) is 2.98. The van der Waals surface area contributed by atoms with Crippen LogP contribution in [0.4, 0.5) is 19.3 Å². The molecule has 1 heterocycles. The molecule has 0 bridgehead atoms. The molecule has 2 rings (SSSR count). The number of benzene rings is 1. The second-order valence-corrected chi connectivity index (χ2v) is 4.59. The van der Waals surface area contributed by atoms with Crippen molar-refractivity contribution in [2.45, 2.75) is 12.0 Å². The molecule has 5 nitrogen and oxygen atoms in total. The maximum absolute atomic E-state index is 12.9. The Morgan fingerprint density at radius 2 is 2.21 bits per heavy atom. The Labute approximate surface area is 109 Å². The predicted octanol–water partition coefficient (Wildman–Crippen LogP) is 0.811. The van der Waals surface area contributed by atoms with Crippen LogP contribution in [-0.2, 0) is 0 Å². The summed E-state index contributed by atoms with van der Waals surface area (Å²) in [4.78, 5) is 11.5. The molecule has 104 valence electrons. The number of rotatable bonds is 3. The SMILES string of the molecule is O=C(NC[C@]1(O)CCNC1)Nc1ccc(F)c(F)c1. The average molecular weight is 271 g/mol. The molecule has 1 aliphatic rings. The summed E-state index contributed by atoms with van der Waals surface area (Å²) in [6.45, 7) is 1.21. The van der Waals surface area contributed by atoms with Crippen LogP contribution in [-0.4, -0.2) is 36.4 Å². The Hall–Kier alpha value is -1.73. The van der Waals surface area contributed by atoms with Crippen molar-refractivity contribution in [1.82, 2.24) is 10.6 Å². The van der Waals surface area contributed by atoms with Gasteiger partial charge in [-0.05, 0) is 25.1 Å². The van der Waals surface area contributed by atoms with Gasteiger partial charge in [-0.3, -0.25) is 0 Å². The van der Waals surface area contributed by atoms with Crippen molar-refractivity contribution in [3.05, 3.63) is 29.8 Å². The van der Waals surface area contributed by atoms with E-state index in [2.05, 4.69) is 16.0 Å². The first-order valence-electron chi connectivity index (χ1n) is 5.92. The molecule has 1 fully saturated rings. The highest BCUT2D eigenvalue weighted by Gasteiger charge is 2.31. The molecular formula is C12H15F2N3O2. The predicted molar refractivity (Wildman–Crippen MR) is 65.8 cm³/mol. The zero-order chi connectivity index (χ0) is 13.9. The van der Waals surface area contributed by atoms with E-state index in [0.717, 1.165) is 12.1 Å². The summed E-state index contributed by atoms with van der Waals surface area (Å²) in [6.07, 6.45) is 0.554. The minimum Gasteiger partial charge on any atom is -0.387 e. The number of nitrogens with one attached hydrogen (secondary N) is 3. The first-order chi connectivity index (χ1) is 8.98. The topological polar surface area (TPSA) is 73.4 Å². The van der Waals surface area contributed by atoms with Crippen LogP contribution in [0.2, 0.25) is 0 Å². The van der Waals surface area contributed by atoms with Crippen LogP contribution >= 0.6 is 0 Å². The molecule has 0 saturated carbocycles. The largest absolute Gasteiger partial charge is 0.387 e. The molecule has 1 aliphatic heterocycles. The molecule has 4 N–H and O–H groups in total. The van der Waals surface area contributed by atoms with E-state index in [1.54, 1.807) is 0 Å². The number of halogens is 2. The molecular weight excluding hydrogens is 256 g/mol. The van der Waals surface area contributed by atoms with Gasteiger partial charge in [-0.25, -0.2) is 13.6 Å². The number of amides is 2. The number of carbonyl (C=O) groups excluding carboxylic acids is 1. The number of hydrogen-bond donors (Lipinski definition) is 4. The van der Waals surface area contributed by atoms with Crippen molar-refractivity contribution in [2.24, 2.45) is 0 Å². The number of anilines is 1. The highest BCUT2D eigenvalue weighted by molar-refractivity contribution is 5.89. The lowest BCUT2D eigenvalue weighted by molar-refractivity contribution is 0.0640. The van der Waals surface area contributed by atoms with Gasteiger partial charge in [0.05, 0.1) is 5.60 Å². The van der Waals surface area contributed by atoms with Gasteiger partial charge >= 0.3 is 6.03 Å². The van der Waals surface area contributed by atoms with E-state index in [9.17, 15) is 18.7 Å². The molecule has 0 spiro atoms. The van der Waals surface area contributed by atoms with Gasteiger partial charge in [0.1, 0.15) is 0 Å². The quantitative estimate of drug-likeness (QED) is 0.657. The van der Waals surface area contributed by atoms with Gasteiger partial charge in [0, 0.05) is 24.8 Å². The Morgan fingerprint density at radius 1 is 1.42 bits per heavy atom. The van der Waals surface area contributed by atoms with E-state index in [1.165, 1.54) is 6.07 Å². The summed E-state index contributed by atoms with van der Waals surface area (Å²) in [5, 5.41) is 17.8. The zero-order valence-corrected chi connectivity index (χ0v) is 10.2. The summed E-state index contributed by atoms with van der Waals surface area (Å²) in [6, 6.07) is 2.50. The lowest BCUT2D eigenvalue weighted by Gasteiger charge is -2.21. The van der Waals surface area contributed by atoms with Crippen LogP contribution in [0.3, 0.4) is 0 Å². The van der Waals surface area contributed by atoms with Crippen LogP contribution in [0, 0.1) is 11.6 Å². The van der Waals surface area contributed by atoms with Gasteiger partial charge in [0.25, 0.3) is 0 Å². The summed E-state index contributed by atoms with van der Waals surface area (Å²) < 4.78 is 25.6. The van der Waals surface area contributed by atoms with E-state index in [4.69, 9.17) is 0 Å². The molecule has 7 heteroatoms. The molecule has 19 heavy (non-hydrogen) atoms. The molecule has 1 aromatic carbocycles. The fourth-order valence-corrected chi connectivity index (χ4v) is 1.88. The lowest BCUT2D eigenvalue weighted by atomic mass is 10.0. The number of aliphatic hydroxyl groups is 1. The van der Waals surface area contributed by atoms with Gasteiger partial charge in [0.15, 0.2) is 11.6 Å². The van der Waals surface area contributed by atoms with Crippen molar-refractivity contribution in [3.63, 3.8) is 0 Å². The normalized spacial score (nSPS) is 22.3. The summed E-state index contributed by atoms with van der Waals surface area (Å²) in [7, 11) is 0. The smallest absolute Gasteiger partial charge is 0.319 e. The zero-order valence-electron chi connectivity index (χ0n) is 10.2. The monoisotopic (exact) mass is 271 g/mol. The van der Waals surface area contributed by atoms with Crippen molar-refractivity contribution < 1.29 is 18.7 Å². The molecule has 2 amide bonds. The molecule has 0 radical (unpaired) electrons. The average Bonchev–Trinajstić information content (AvgIpc) is 2.79. The highest BCUT2D eigenvalue weighted by Crippen LogP contribution is 2.14. The van der Waals surface area contributed by atoms with Crippen molar-refractivity contribution in [2.75, 3.05) is 25.0 Å². The Bertz CT molecular complexity index is 476. The van der Waals surface area contributed by atoms with E-state index in [0.29, 0.717) is 19.5 Å². The van der Waals surface area contributed by atoms with Gasteiger partial charge < -0.3 is 21.1 Å². The summed E-state index contributed by atoms with van der Waals surface area (Å²) in [5.41, 5.74) is -0.807. The van der Waals surface area contributed by atoms with Crippen LogP contribution in [0.1, 0.15) is 6.42 Å². The minimum atomic E-state index is -1.03. The van der Waals surface area contributed by atoms with Crippen molar-refractivity contribution >= 4 is 11.7 Å². The Balaban J connectivity index is 1.85. The van der Waals surface area contributed by atoms with Crippen LogP contribution in [0.15, 0.2) is 18.2 Å². The Kier molecular flexibility index (Phi) is 3.96. The standard InChI is InChI=1S/C12H15F2N3O2/c13-9-2-1-8(5-10(9)14)17-11(18)16-7-12(19)3-4-15-6-12/h1-2,5,15,19H,3-4,6-7H2,(H2,16,17,18)/t12-/m0/s1. The molecule has 0 aromatic heterocycles. The van der Waals surface area contributed by atoms with Gasteiger partial charge in [0.2, 0.25) is 0 Å². The van der Waals surface area contributed by atoms with E-state index >= 15 is 0 Å². The summed E-state index contributed by atoms with van der Waals surface area (Å²) in [5.74, 6) is -2.01.